The molecule has 0 bridgehead atoms. The highest BCUT2D eigenvalue weighted by molar-refractivity contribution is 7.99. The maximum atomic E-state index is 11.9. The average molecular weight is 597 g/mol. The highest BCUT2D eigenvalue weighted by Gasteiger charge is 2.33. The van der Waals surface area contributed by atoms with Gasteiger partial charge in [-0.3, -0.25) is 4.79 Å². The van der Waals surface area contributed by atoms with Gasteiger partial charge in [-0.15, -0.1) is 11.8 Å². The standard InChI is InChI=1S/C27H24Cl3NO6S/c28-27(29,30)26(35)31-20-9-5-19(6-10-20)25-36-21(15-38-22-11-7-18(8-12-22)24(33)34)13-23(37-25)17-3-1-16(14-32)2-4-17/h1-12,21,23,25,32H,13-15H2,(H,31,35)(H,33,34)/t21-,23+,25+/m0/s1. The lowest BCUT2D eigenvalue weighted by Crippen LogP contribution is -2.31. The predicted molar refractivity (Wildman–Crippen MR) is 148 cm³/mol. The second kappa shape index (κ2) is 12.7. The molecule has 0 aliphatic carbocycles. The van der Waals surface area contributed by atoms with Gasteiger partial charge in [-0.1, -0.05) is 71.2 Å². The van der Waals surface area contributed by atoms with E-state index in [1.54, 1.807) is 60.3 Å². The van der Waals surface area contributed by atoms with Crippen LogP contribution in [0.15, 0.2) is 77.7 Å². The molecule has 0 saturated carbocycles. The molecule has 1 aliphatic heterocycles. The first-order chi connectivity index (χ1) is 18.1. The highest BCUT2D eigenvalue weighted by atomic mass is 35.6. The second-order valence-corrected chi connectivity index (χ2v) is 11.9. The van der Waals surface area contributed by atoms with Crippen molar-refractivity contribution >= 4 is 64.1 Å². The normalized spacial score (nSPS) is 19.6. The van der Waals surface area contributed by atoms with Crippen LogP contribution < -0.4 is 5.32 Å². The largest absolute Gasteiger partial charge is 0.478 e. The van der Waals surface area contributed by atoms with Crippen molar-refractivity contribution in [1.82, 2.24) is 0 Å². The third-order valence-corrected chi connectivity index (χ3v) is 7.51. The van der Waals surface area contributed by atoms with E-state index in [9.17, 15) is 14.7 Å². The molecule has 11 heteroatoms. The molecular weight excluding hydrogens is 573 g/mol. The van der Waals surface area contributed by atoms with Crippen LogP contribution in [0.3, 0.4) is 0 Å². The quantitative estimate of drug-likeness (QED) is 0.201. The summed E-state index contributed by atoms with van der Waals surface area (Å²) in [6.07, 6.45) is -0.509. The summed E-state index contributed by atoms with van der Waals surface area (Å²) in [5.41, 5.74) is 3.20. The van der Waals surface area contributed by atoms with Gasteiger partial charge in [0, 0.05) is 28.3 Å². The molecule has 3 aromatic carbocycles. The second-order valence-electron chi connectivity index (χ2n) is 8.56. The molecule has 1 heterocycles. The van der Waals surface area contributed by atoms with Gasteiger partial charge >= 0.3 is 5.97 Å². The zero-order valence-corrected chi connectivity index (χ0v) is 22.9. The van der Waals surface area contributed by atoms with E-state index in [-0.39, 0.29) is 24.4 Å². The van der Waals surface area contributed by atoms with Gasteiger partial charge in [0.2, 0.25) is 0 Å². The van der Waals surface area contributed by atoms with Gasteiger partial charge in [0.15, 0.2) is 6.29 Å². The van der Waals surface area contributed by atoms with Gasteiger partial charge in [-0.05, 0) is 47.5 Å². The van der Waals surface area contributed by atoms with Gasteiger partial charge in [-0.25, -0.2) is 4.79 Å². The number of carboxylic acids is 1. The Morgan fingerprint density at radius 1 is 0.921 bits per heavy atom. The Morgan fingerprint density at radius 2 is 1.55 bits per heavy atom. The molecule has 7 nitrogen and oxygen atoms in total. The summed E-state index contributed by atoms with van der Waals surface area (Å²) in [6, 6.07) is 21.2. The number of aromatic carboxylic acids is 1. The number of anilines is 1. The molecule has 0 aromatic heterocycles. The smallest absolute Gasteiger partial charge is 0.335 e. The molecule has 3 N–H and O–H groups in total. The summed E-state index contributed by atoms with van der Waals surface area (Å²) in [4.78, 5) is 24.0. The Labute approximate surface area is 239 Å². The lowest BCUT2D eigenvalue weighted by atomic mass is 10.0. The first-order valence-electron chi connectivity index (χ1n) is 11.6. The van der Waals surface area contributed by atoms with Crippen molar-refractivity contribution in [2.45, 2.75) is 40.2 Å². The van der Waals surface area contributed by atoms with Crippen LogP contribution in [0.5, 0.6) is 0 Å². The van der Waals surface area contributed by atoms with Crippen LogP contribution in [0, 0.1) is 0 Å². The molecule has 0 radical (unpaired) electrons. The van der Waals surface area contributed by atoms with Crippen molar-refractivity contribution in [1.29, 1.82) is 0 Å². The Morgan fingerprint density at radius 3 is 2.13 bits per heavy atom. The van der Waals surface area contributed by atoms with E-state index in [4.69, 9.17) is 49.4 Å². The molecule has 1 aliphatic rings. The molecule has 0 unspecified atom stereocenters. The molecule has 4 rings (SSSR count). The molecule has 0 spiro atoms. The van der Waals surface area contributed by atoms with Gasteiger partial charge in [0.25, 0.3) is 9.70 Å². The molecule has 1 saturated heterocycles. The number of aliphatic hydroxyl groups is 1. The van der Waals surface area contributed by atoms with E-state index in [1.165, 1.54) is 0 Å². The first-order valence-corrected chi connectivity index (χ1v) is 13.7. The Kier molecular flexibility index (Phi) is 9.59. The number of carboxylic acid groups (broad SMARTS) is 1. The van der Waals surface area contributed by atoms with E-state index in [0.717, 1.165) is 21.6 Å². The van der Waals surface area contributed by atoms with Gasteiger partial charge < -0.3 is 25.0 Å². The Bertz CT molecular complexity index is 1250. The van der Waals surface area contributed by atoms with Gasteiger partial charge in [0.05, 0.1) is 24.4 Å². The zero-order chi connectivity index (χ0) is 27.3. The maximum Gasteiger partial charge on any atom is 0.335 e. The van der Waals surface area contributed by atoms with Crippen molar-refractivity contribution in [2.24, 2.45) is 0 Å². The van der Waals surface area contributed by atoms with Crippen LogP contribution in [-0.4, -0.2) is 37.7 Å². The molecule has 3 aromatic rings. The van der Waals surface area contributed by atoms with Crippen LogP contribution >= 0.6 is 46.6 Å². The van der Waals surface area contributed by atoms with E-state index in [1.807, 2.05) is 24.3 Å². The minimum atomic E-state index is -2.08. The van der Waals surface area contributed by atoms with E-state index >= 15 is 0 Å². The van der Waals surface area contributed by atoms with Crippen molar-refractivity contribution in [3.63, 3.8) is 0 Å². The monoisotopic (exact) mass is 595 g/mol. The van der Waals surface area contributed by atoms with Gasteiger partial charge in [-0.2, -0.15) is 0 Å². The van der Waals surface area contributed by atoms with Gasteiger partial charge in [0.1, 0.15) is 0 Å². The lowest BCUT2D eigenvalue weighted by molar-refractivity contribution is -0.245. The average Bonchev–Trinajstić information content (AvgIpc) is 2.92. The number of amides is 1. The van der Waals surface area contributed by atoms with Crippen LogP contribution in [0.2, 0.25) is 0 Å². The molecule has 200 valence electrons. The van der Waals surface area contributed by atoms with E-state index < -0.39 is 22.0 Å². The molecule has 38 heavy (non-hydrogen) atoms. The highest BCUT2D eigenvalue weighted by Crippen LogP contribution is 2.40. The number of hydrogen-bond acceptors (Lipinski definition) is 6. The summed E-state index contributed by atoms with van der Waals surface area (Å²) < 4.78 is 10.5. The number of nitrogens with one attached hydrogen (secondary N) is 1. The van der Waals surface area contributed by atoms with E-state index in [2.05, 4.69) is 5.32 Å². The van der Waals surface area contributed by atoms with Crippen LogP contribution in [0.1, 0.15) is 45.9 Å². The molecule has 1 amide bonds. The SMILES string of the molecule is O=C(O)c1ccc(SC[C@@H]2C[C@H](c3ccc(CO)cc3)O[C@H](c3ccc(NC(=O)C(Cl)(Cl)Cl)cc3)O2)cc1. The Hall–Kier alpha value is -2.30. The fourth-order valence-electron chi connectivity index (χ4n) is 3.83. The van der Waals surface area contributed by atoms with Crippen LogP contribution in [-0.2, 0) is 20.9 Å². The third-order valence-electron chi connectivity index (χ3n) is 5.85. The number of alkyl halides is 3. The number of ether oxygens (including phenoxy) is 2. The number of aliphatic hydroxyl groups excluding tert-OH is 1. The summed E-state index contributed by atoms with van der Waals surface area (Å²) >= 11 is 18.5. The Balaban J connectivity index is 1.50. The number of benzene rings is 3. The number of carbonyl (C=O) groups is 2. The van der Waals surface area contributed by atoms with E-state index in [0.29, 0.717) is 17.9 Å². The number of carbonyl (C=O) groups excluding carboxylic acids is 1. The minimum absolute atomic E-state index is 0.0430. The minimum Gasteiger partial charge on any atom is -0.478 e. The lowest BCUT2D eigenvalue weighted by Gasteiger charge is -2.36. The summed E-state index contributed by atoms with van der Waals surface area (Å²) in [5.74, 6) is -1.11. The first kappa shape index (κ1) is 28.7. The maximum absolute atomic E-state index is 11.9. The van der Waals surface area contributed by atoms with Crippen LogP contribution in [0.4, 0.5) is 5.69 Å². The number of rotatable bonds is 8. The summed E-state index contributed by atoms with van der Waals surface area (Å²) in [7, 11) is 0. The number of thioether (sulfide) groups is 1. The number of halogens is 3. The zero-order valence-electron chi connectivity index (χ0n) is 19.9. The topological polar surface area (TPSA) is 105 Å². The third kappa shape index (κ3) is 7.64. The molecule has 3 atom stereocenters. The van der Waals surface area contributed by atoms with Crippen molar-refractivity contribution in [2.75, 3.05) is 11.1 Å². The molecular formula is C27H24Cl3NO6S. The summed E-state index contributed by atoms with van der Waals surface area (Å²) in [5, 5.41) is 21.0. The fourth-order valence-corrected chi connectivity index (χ4v) is 4.89. The fraction of sp³-hybridized carbons (Fsp3) is 0.259. The van der Waals surface area contributed by atoms with Crippen molar-refractivity contribution in [3.8, 4) is 0 Å². The molecule has 1 fully saturated rings. The van der Waals surface area contributed by atoms with Crippen LogP contribution in [0.25, 0.3) is 0 Å². The van der Waals surface area contributed by atoms with Crippen molar-refractivity contribution < 1.29 is 29.3 Å². The predicted octanol–water partition coefficient (Wildman–Crippen LogP) is 6.52. The number of hydrogen-bond donors (Lipinski definition) is 3. The van der Waals surface area contributed by atoms with Crippen molar-refractivity contribution in [3.05, 3.63) is 95.1 Å². The summed E-state index contributed by atoms with van der Waals surface area (Å²) in [6.45, 7) is -0.0430.